The number of hydrogen-bond donors (Lipinski definition) is 0. The van der Waals surface area contributed by atoms with Crippen LogP contribution in [0.1, 0.15) is 18.2 Å². The number of aromatic nitrogens is 2. The molecule has 2 aromatic heterocycles. The minimum Gasteiger partial charge on any atom is -0.294 e. The number of hydrogen-bond acceptors (Lipinski definition) is 3. The lowest BCUT2D eigenvalue weighted by Crippen LogP contribution is -2.25. The van der Waals surface area contributed by atoms with Gasteiger partial charge in [0.1, 0.15) is 11.5 Å². The van der Waals surface area contributed by atoms with E-state index >= 15 is 0 Å². The van der Waals surface area contributed by atoms with Crippen molar-refractivity contribution >= 4 is 17.2 Å². The van der Waals surface area contributed by atoms with Crippen LogP contribution in [0.3, 0.4) is 0 Å². The molecule has 6 heteroatoms. The molecule has 0 N–H and O–H groups in total. The average molecular weight is 346 g/mol. The van der Waals surface area contributed by atoms with Crippen molar-refractivity contribution in [3.8, 4) is 0 Å². The second kappa shape index (κ2) is 7.11. The molecule has 0 unspecified atom stereocenters. The van der Waals surface area contributed by atoms with E-state index in [-0.39, 0.29) is 11.4 Å². The number of nitrogens with zero attached hydrogens (tertiary/aromatic N) is 3. The molecule has 0 atom stereocenters. The highest BCUT2D eigenvalue weighted by atomic mass is 35.5. The molecule has 0 aliphatic carbocycles. The smallest absolute Gasteiger partial charge is 0.258 e. The van der Waals surface area contributed by atoms with Crippen LogP contribution in [0.4, 0.5) is 4.39 Å². The van der Waals surface area contributed by atoms with E-state index < -0.39 is 0 Å². The summed E-state index contributed by atoms with van der Waals surface area (Å²) in [6.07, 6.45) is 1.56. The van der Waals surface area contributed by atoms with Crippen LogP contribution in [0.25, 0.3) is 5.65 Å². The molecule has 0 bridgehead atoms. The van der Waals surface area contributed by atoms with Crippen LogP contribution in [0, 0.1) is 5.82 Å². The van der Waals surface area contributed by atoms with E-state index in [4.69, 9.17) is 11.6 Å². The zero-order valence-corrected chi connectivity index (χ0v) is 14.0. The fourth-order valence-corrected chi connectivity index (χ4v) is 2.77. The van der Waals surface area contributed by atoms with E-state index in [9.17, 15) is 9.18 Å². The molecule has 0 fully saturated rings. The molecule has 4 nitrogen and oxygen atoms in total. The van der Waals surface area contributed by atoms with Gasteiger partial charge in [-0.3, -0.25) is 14.1 Å². The molecule has 3 rings (SSSR count). The Kier molecular flexibility index (Phi) is 4.92. The topological polar surface area (TPSA) is 37.6 Å². The van der Waals surface area contributed by atoms with Crippen LogP contribution >= 0.6 is 11.6 Å². The standard InChI is InChI=1S/C18H17ClFN3O/c1-2-22(10-13-4-3-5-15(20)8-13)12-16-9-18(24)23-11-14(19)6-7-17(23)21-16/h3-9,11H,2,10,12H2,1H3. The predicted octanol–water partition coefficient (Wildman–Crippen LogP) is 3.51. The number of fused-ring (bicyclic) bond motifs is 1. The monoisotopic (exact) mass is 345 g/mol. The van der Waals surface area contributed by atoms with Crippen molar-refractivity contribution < 1.29 is 4.39 Å². The lowest BCUT2D eigenvalue weighted by atomic mass is 10.2. The maximum absolute atomic E-state index is 13.3. The molecule has 0 saturated carbocycles. The number of benzene rings is 1. The van der Waals surface area contributed by atoms with E-state index in [1.807, 2.05) is 13.0 Å². The highest BCUT2D eigenvalue weighted by Gasteiger charge is 2.09. The molecule has 124 valence electrons. The van der Waals surface area contributed by atoms with E-state index in [0.717, 1.165) is 12.1 Å². The maximum atomic E-state index is 13.3. The van der Waals surface area contributed by atoms with Crippen LogP contribution in [-0.2, 0) is 13.1 Å². The van der Waals surface area contributed by atoms with Gasteiger partial charge in [-0.2, -0.15) is 0 Å². The largest absolute Gasteiger partial charge is 0.294 e. The van der Waals surface area contributed by atoms with E-state index in [1.165, 1.54) is 22.6 Å². The quantitative estimate of drug-likeness (QED) is 0.710. The van der Waals surface area contributed by atoms with Gasteiger partial charge in [-0.1, -0.05) is 30.7 Å². The van der Waals surface area contributed by atoms with Crippen molar-refractivity contribution in [3.05, 3.63) is 81.1 Å². The second-order valence-electron chi connectivity index (χ2n) is 5.59. The molecule has 2 heterocycles. The van der Waals surface area contributed by atoms with Crippen molar-refractivity contribution in [1.82, 2.24) is 14.3 Å². The molecule has 1 aromatic carbocycles. The lowest BCUT2D eigenvalue weighted by molar-refractivity contribution is 0.268. The van der Waals surface area contributed by atoms with Crippen molar-refractivity contribution in [3.63, 3.8) is 0 Å². The molecule has 0 spiro atoms. The van der Waals surface area contributed by atoms with Gasteiger partial charge in [0, 0.05) is 25.4 Å². The Bertz CT molecular complexity index is 926. The molecule has 0 amide bonds. The summed E-state index contributed by atoms with van der Waals surface area (Å²) >= 11 is 5.91. The van der Waals surface area contributed by atoms with Crippen LogP contribution in [0.15, 0.2) is 53.5 Å². The highest BCUT2D eigenvalue weighted by molar-refractivity contribution is 6.30. The summed E-state index contributed by atoms with van der Waals surface area (Å²) in [4.78, 5) is 18.8. The summed E-state index contributed by atoms with van der Waals surface area (Å²) in [6.45, 7) is 3.89. The van der Waals surface area contributed by atoms with Gasteiger partial charge in [-0.25, -0.2) is 9.37 Å². The summed E-state index contributed by atoms with van der Waals surface area (Å²) in [5, 5.41) is 0.487. The van der Waals surface area contributed by atoms with Crippen molar-refractivity contribution in [2.45, 2.75) is 20.0 Å². The predicted molar refractivity (Wildman–Crippen MR) is 92.7 cm³/mol. The fraction of sp³-hybridized carbons (Fsp3) is 0.222. The minimum absolute atomic E-state index is 0.167. The Balaban J connectivity index is 1.84. The van der Waals surface area contributed by atoms with E-state index in [2.05, 4.69) is 9.88 Å². The van der Waals surface area contributed by atoms with Gasteiger partial charge >= 0.3 is 0 Å². The van der Waals surface area contributed by atoms with Crippen LogP contribution in [0.5, 0.6) is 0 Å². The van der Waals surface area contributed by atoms with Crippen LogP contribution in [0.2, 0.25) is 5.02 Å². The van der Waals surface area contributed by atoms with Crippen molar-refractivity contribution in [2.24, 2.45) is 0 Å². The lowest BCUT2D eigenvalue weighted by Gasteiger charge is -2.20. The van der Waals surface area contributed by atoms with Crippen molar-refractivity contribution in [1.29, 1.82) is 0 Å². The number of rotatable bonds is 5. The van der Waals surface area contributed by atoms with Crippen LogP contribution < -0.4 is 5.56 Å². The second-order valence-corrected chi connectivity index (χ2v) is 6.03. The molecule has 0 radical (unpaired) electrons. The molecule has 24 heavy (non-hydrogen) atoms. The third-order valence-electron chi connectivity index (χ3n) is 3.80. The summed E-state index contributed by atoms with van der Waals surface area (Å²) in [7, 11) is 0. The van der Waals surface area contributed by atoms with Gasteiger partial charge < -0.3 is 0 Å². The Morgan fingerprint density at radius 2 is 2.04 bits per heavy atom. The zero-order chi connectivity index (χ0) is 17.1. The third kappa shape index (κ3) is 3.80. The summed E-state index contributed by atoms with van der Waals surface area (Å²) in [5.74, 6) is -0.248. The number of pyridine rings is 1. The van der Waals surface area contributed by atoms with Gasteiger partial charge in [0.25, 0.3) is 5.56 Å². The SMILES string of the molecule is CCN(Cc1cccc(F)c1)Cc1cc(=O)n2cc(Cl)ccc2n1. The zero-order valence-electron chi connectivity index (χ0n) is 13.2. The van der Waals surface area contributed by atoms with Crippen molar-refractivity contribution in [2.75, 3.05) is 6.54 Å². The Morgan fingerprint density at radius 1 is 1.21 bits per heavy atom. The first-order valence-corrected chi connectivity index (χ1v) is 8.07. The van der Waals surface area contributed by atoms with Gasteiger partial charge in [0.2, 0.25) is 0 Å². The Labute approximate surface area is 144 Å². The normalized spacial score (nSPS) is 11.3. The van der Waals surface area contributed by atoms with Gasteiger partial charge in [0.05, 0.1) is 10.7 Å². The molecular formula is C18H17ClFN3O. The summed E-state index contributed by atoms with van der Waals surface area (Å²) in [5.41, 5.74) is 1.96. The number of halogens is 2. The fourth-order valence-electron chi connectivity index (χ4n) is 2.61. The van der Waals surface area contributed by atoms with Gasteiger partial charge in [-0.15, -0.1) is 0 Å². The van der Waals surface area contributed by atoms with E-state index in [0.29, 0.717) is 29.5 Å². The van der Waals surface area contributed by atoms with Crippen LogP contribution in [-0.4, -0.2) is 20.8 Å². The average Bonchev–Trinajstić information content (AvgIpc) is 2.55. The first-order chi connectivity index (χ1) is 11.5. The summed E-state index contributed by atoms with van der Waals surface area (Å²) < 4.78 is 14.7. The third-order valence-corrected chi connectivity index (χ3v) is 4.03. The maximum Gasteiger partial charge on any atom is 0.258 e. The minimum atomic E-state index is -0.248. The molecule has 3 aromatic rings. The molecular weight excluding hydrogens is 329 g/mol. The molecule has 0 aliphatic heterocycles. The summed E-state index contributed by atoms with van der Waals surface area (Å²) in [6, 6.07) is 11.5. The van der Waals surface area contributed by atoms with Gasteiger partial charge in [0.15, 0.2) is 0 Å². The van der Waals surface area contributed by atoms with Gasteiger partial charge in [-0.05, 0) is 36.4 Å². The highest BCUT2D eigenvalue weighted by Crippen LogP contribution is 2.12. The Morgan fingerprint density at radius 3 is 2.79 bits per heavy atom. The first-order valence-electron chi connectivity index (χ1n) is 7.70. The first kappa shape index (κ1) is 16.6. The molecule has 0 aliphatic rings. The van der Waals surface area contributed by atoms with E-state index in [1.54, 1.807) is 24.4 Å². The Hall–Kier alpha value is -2.24. The molecule has 0 saturated heterocycles.